The van der Waals surface area contributed by atoms with E-state index in [2.05, 4.69) is 18.6 Å². The fraction of sp³-hybridized carbons (Fsp3) is 0.368. The third-order valence-electron chi connectivity index (χ3n) is 4.54. The molecule has 0 bridgehead atoms. The lowest BCUT2D eigenvalue weighted by atomic mass is 9.98. The molecule has 0 radical (unpaired) electrons. The Labute approximate surface area is 156 Å². The van der Waals surface area contributed by atoms with Crippen LogP contribution in [0.25, 0.3) is 11.2 Å². The Balaban J connectivity index is 0.000000185. The van der Waals surface area contributed by atoms with E-state index in [-0.39, 0.29) is 11.7 Å². The summed E-state index contributed by atoms with van der Waals surface area (Å²) in [5, 5.41) is 0. The minimum Gasteiger partial charge on any atom is -0.370 e. The molecule has 3 heterocycles. The molecule has 0 N–H and O–H groups in total. The number of piperidine rings is 1. The SMILES string of the molecule is CCc1ccc(F)cc1.O=CC1CCN(c2ccnc3nsnc23)CC1. The summed E-state index contributed by atoms with van der Waals surface area (Å²) in [6.07, 6.45) is 5.66. The minimum atomic E-state index is -0.160. The van der Waals surface area contributed by atoms with Gasteiger partial charge in [0.15, 0.2) is 5.65 Å². The van der Waals surface area contributed by atoms with E-state index in [0.717, 1.165) is 49.8 Å². The summed E-state index contributed by atoms with van der Waals surface area (Å²) >= 11 is 1.19. The predicted octanol–water partition coefficient (Wildman–Crippen LogP) is 3.89. The van der Waals surface area contributed by atoms with Crippen LogP contribution in [0.4, 0.5) is 10.1 Å². The van der Waals surface area contributed by atoms with Crippen LogP contribution in [-0.2, 0) is 11.2 Å². The van der Waals surface area contributed by atoms with E-state index in [4.69, 9.17) is 0 Å². The van der Waals surface area contributed by atoms with Crippen LogP contribution in [0.15, 0.2) is 36.5 Å². The smallest absolute Gasteiger partial charge is 0.195 e. The maximum atomic E-state index is 12.2. The second-order valence-electron chi connectivity index (χ2n) is 6.21. The van der Waals surface area contributed by atoms with Crippen molar-refractivity contribution in [2.24, 2.45) is 5.92 Å². The number of benzene rings is 1. The number of anilines is 1. The third kappa shape index (κ3) is 4.40. The van der Waals surface area contributed by atoms with Gasteiger partial charge in [-0.05, 0) is 43.0 Å². The first-order valence-corrected chi connectivity index (χ1v) is 9.46. The predicted molar refractivity (Wildman–Crippen MR) is 102 cm³/mol. The molecule has 4 rings (SSSR count). The molecule has 0 saturated carbocycles. The zero-order chi connectivity index (χ0) is 18.4. The van der Waals surface area contributed by atoms with Gasteiger partial charge in [0.25, 0.3) is 0 Å². The number of pyridine rings is 1. The van der Waals surface area contributed by atoms with Crippen LogP contribution in [0.2, 0.25) is 0 Å². The molecule has 0 aliphatic carbocycles. The summed E-state index contributed by atoms with van der Waals surface area (Å²) in [5.41, 5.74) is 3.86. The minimum absolute atomic E-state index is 0.160. The maximum absolute atomic E-state index is 12.2. The Kier molecular flexibility index (Phi) is 6.22. The van der Waals surface area contributed by atoms with Crippen molar-refractivity contribution in [3.8, 4) is 0 Å². The fourth-order valence-corrected chi connectivity index (χ4v) is 3.45. The molecule has 0 spiro atoms. The van der Waals surface area contributed by atoms with Crippen LogP contribution >= 0.6 is 11.7 Å². The number of aromatic nitrogens is 3. The molecule has 1 fully saturated rings. The van der Waals surface area contributed by atoms with Crippen molar-refractivity contribution >= 4 is 34.9 Å². The van der Waals surface area contributed by atoms with Gasteiger partial charge in [-0.3, -0.25) is 0 Å². The molecule has 7 heteroatoms. The van der Waals surface area contributed by atoms with Crippen LogP contribution < -0.4 is 4.90 Å². The van der Waals surface area contributed by atoms with Gasteiger partial charge < -0.3 is 9.69 Å². The summed E-state index contributed by atoms with van der Waals surface area (Å²) in [4.78, 5) is 17.2. The van der Waals surface area contributed by atoms with Crippen molar-refractivity contribution in [1.82, 2.24) is 13.7 Å². The van der Waals surface area contributed by atoms with Crippen LogP contribution in [0, 0.1) is 11.7 Å². The summed E-state index contributed by atoms with van der Waals surface area (Å²) in [7, 11) is 0. The summed E-state index contributed by atoms with van der Waals surface area (Å²) in [6, 6.07) is 8.55. The first-order valence-electron chi connectivity index (χ1n) is 8.73. The summed E-state index contributed by atoms with van der Waals surface area (Å²) < 4.78 is 20.7. The number of carbonyl (C=O) groups excluding carboxylic acids is 1. The van der Waals surface area contributed by atoms with Crippen LogP contribution in [0.3, 0.4) is 0 Å². The van der Waals surface area contributed by atoms with Gasteiger partial charge in [0, 0.05) is 25.2 Å². The largest absolute Gasteiger partial charge is 0.370 e. The van der Waals surface area contributed by atoms with Gasteiger partial charge in [0.1, 0.15) is 17.6 Å². The fourth-order valence-electron chi connectivity index (χ4n) is 2.94. The Morgan fingerprint density at radius 1 is 1.19 bits per heavy atom. The van der Waals surface area contributed by atoms with Gasteiger partial charge in [0.2, 0.25) is 0 Å². The molecule has 1 saturated heterocycles. The third-order valence-corrected chi connectivity index (χ3v) is 5.06. The molecule has 0 atom stereocenters. The zero-order valence-corrected chi connectivity index (χ0v) is 15.5. The second kappa shape index (κ2) is 8.80. The Bertz CT molecular complexity index is 844. The Morgan fingerprint density at radius 3 is 2.58 bits per heavy atom. The number of carbonyl (C=O) groups is 1. The van der Waals surface area contributed by atoms with Gasteiger partial charge in [0.05, 0.1) is 17.4 Å². The maximum Gasteiger partial charge on any atom is 0.195 e. The standard InChI is InChI=1S/C11H12N4OS.C8H9F/c16-7-8-2-5-15(6-3-8)9-1-4-12-11-10(9)13-17-14-11;1-2-7-3-5-8(9)6-4-7/h1,4,7-8H,2-3,5-6H2;3-6H,2H2,1H3. The quantitative estimate of drug-likeness (QED) is 0.653. The van der Waals surface area contributed by atoms with Crippen molar-refractivity contribution in [2.45, 2.75) is 26.2 Å². The van der Waals surface area contributed by atoms with E-state index in [1.165, 1.54) is 29.4 Å². The topological polar surface area (TPSA) is 59.0 Å². The highest BCUT2D eigenvalue weighted by Gasteiger charge is 2.21. The Hall–Kier alpha value is -2.41. The molecule has 1 aliphatic rings. The van der Waals surface area contributed by atoms with Crippen molar-refractivity contribution in [2.75, 3.05) is 18.0 Å². The highest BCUT2D eigenvalue weighted by Crippen LogP contribution is 2.27. The molecular weight excluding hydrogens is 351 g/mol. The lowest BCUT2D eigenvalue weighted by Gasteiger charge is -2.31. The first kappa shape index (κ1) is 18.4. The van der Waals surface area contributed by atoms with E-state index in [1.54, 1.807) is 18.3 Å². The number of halogens is 1. The van der Waals surface area contributed by atoms with Gasteiger partial charge in [-0.1, -0.05) is 19.1 Å². The zero-order valence-electron chi connectivity index (χ0n) is 14.6. The number of hydrogen-bond donors (Lipinski definition) is 0. The number of nitrogens with zero attached hydrogens (tertiary/aromatic N) is 4. The molecule has 0 amide bonds. The molecular formula is C19H21FN4OS. The molecule has 5 nitrogen and oxygen atoms in total. The molecule has 0 unspecified atom stereocenters. The van der Waals surface area contributed by atoms with Crippen molar-refractivity contribution in [3.63, 3.8) is 0 Å². The molecule has 136 valence electrons. The van der Waals surface area contributed by atoms with Gasteiger partial charge in [-0.2, -0.15) is 8.75 Å². The number of rotatable bonds is 3. The average molecular weight is 372 g/mol. The van der Waals surface area contributed by atoms with Gasteiger partial charge in [-0.25, -0.2) is 9.37 Å². The first-order chi connectivity index (χ1) is 12.7. The van der Waals surface area contributed by atoms with Crippen LogP contribution in [0.1, 0.15) is 25.3 Å². The Morgan fingerprint density at radius 2 is 1.92 bits per heavy atom. The average Bonchev–Trinajstić information content (AvgIpc) is 3.18. The lowest BCUT2D eigenvalue weighted by Crippen LogP contribution is -2.34. The van der Waals surface area contributed by atoms with E-state index < -0.39 is 0 Å². The normalized spacial score (nSPS) is 14.8. The summed E-state index contributed by atoms with van der Waals surface area (Å²) in [5.74, 6) is 0.0596. The number of fused-ring (bicyclic) bond motifs is 1. The van der Waals surface area contributed by atoms with Crippen LogP contribution in [-0.4, -0.2) is 33.1 Å². The highest BCUT2D eigenvalue weighted by atomic mass is 32.1. The molecule has 26 heavy (non-hydrogen) atoms. The van der Waals surface area contributed by atoms with Gasteiger partial charge >= 0.3 is 0 Å². The molecule has 1 aliphatic heterocycles. The van der Waals surface area contributed by atoms with Crippen molar-refractivity contribution in [1.29, 1.82) is 0 Å². The lowest BCUT2D eigenvalue weighted by molar-refractivity contribution is -0.111. The van der Waals surface area contributed by atoms with E-state index in [9.17, 15) is 9.18 Å². The molecule has 1 aromatic carbocycles. The number of hydrogen-bond acceptors (Lipinski definition) is 6. The van der Waals surface area contributed by atoms with Crippen molar-refractivity contribution < 1.29 is 9.18 Å². The second-order valence-corrected chi connectivity index (χ2v) is 6.74. The van der Waals surface area contributed by atoms with E-state index in [0.29, 0.717) is 5.65 Å². The summed E-state index contributed by atoms with van der Waals surface area (Å²) in [6.45, 7) is 3.85. The van der Waals surface area contributed by atoms with Gasteiger partial charge in [-0.15, -0.1) is 0 Å². The molecule has 3 aromatic rings. The highest BCUT2D eigenvalue weighted by molar-refractivity contribution is 7.00. The van der Waals surface area contributed by atoms with Crippen LogP contribution in [0.5, 0.6) is 0 Å². The number of aldehydes is 1. The van der Waals surface area contributed by atoms with Crippen molar-refractivity contribution in [3.05, 3.63) is 47.9 Å². The monoisotopic (exact) mass is 372 g/mol. The van der Waals surface area contributed by atoms with E-state index >= 15 is 0 Å². The molecule has 2 aromatic heterocycles. The number of aryl methyl sites for hydroxylation is 1. The van der Waals surface area contributed by atoms with E-state index in [1.807, 2.05) is 13.0 Å².